The van der Waals surface area contributed by atoms with Gasteiger partial charge in [0, 0.05) is 40.4 Å². The van der Waals surface area contributed by atoms with Crippen LogP contribution in [0.2, 0.25) is 0 Å². The number of ether oxygens (including phenoxy) is 1. The number of aliphatic hydroxyl groups is 1. The SMILES string of the molecule is CCOc1cc2nn(C3CCC(O)CC3)cc2cc1NC(=O)c1cccc(C(C)C)[n+]1O. The lowest BCUT2D eigenvalue weighted by molar-refractivity contribution is -0.911. The average Bonchev–Trinajstić information content (AvgIpc) is 3.17. The van der Waals surface area contributed by atoms with Crippen molar-refractivity contribution in [1.82, 2.24) is 9.78 Å². The molecule has 3 N–H and O–H groups in total. The molecule has 0 spiro atoms. The minimum absolute atomic E-state index is 0.0647. The van der Waals surface area contributed by atoms with Gasteiger partial charge in [0.25, 0.3) is 0 Å². The standard InChI is InChI=1S/C24H30N4O4/c1-4-32-23-13-19-16(14-27(26-19)17-8-10-18(29)11-9-17)12-20(23)25-24(30)22-7-5-6-21(15(2)3)28(22)31/h5-7,12-15,17-18,29H,4,8-11H2,1-3H3,(H-,25,30,31)/p+1. The molecule has 8 nitrogen and oxygen atoms in total. The van der Waals surface area contributed by atoms with E-state index in [9.17, 15) is 15.1 Å². The van der Waals surface area contributed by atoms with Crippen LogP contribution >= 0.6 is 0 Å². The number of fused-ring (bicyclic) bond motifs is 1. The zero-order chi connectivity index (χ0) is 22.8. The molecular weight excluding hydrogens is 408 g/mol. The molecule has 1 fully saturated rings. The molecule has 32 heavy (non-hydrogen) atoms. The lowest BCUT2D eigenvalue weighted by atomic mass is 9.93. The molecule has 0 atom stereocenters. The lowest BCUT2D eigenvalue weighted by Crippen LogP contribution is -2.43. The molecule has 2 heterocycles. The van der Waals surface area contributed by atoms with Crippen molar-refractivity contribution in [1.29, 1.82) is 0 Å². The first kappa shape index (κ1) is 22.1. The molecule has 3 aromatic rings. The summed E-state index contributed by atoms with van der Waals surface area (Å²) in [5.41, 5.74) is 2.11. The Hall–Kier alpha value is -3.13. The Morgan fingerprint density at radius 1 is 1.28 bits per heavy atom. The molecule has 1 aromatic carbocycles. The van der Waals surface area contributed by atoms with Gasteiger partial charge in [-0.2, -0.15) is 5.10 Å². The average molecular weight is 440 g/mol. The summed E-state index contributed by atoms with van der Waals surface area (Å²) in [5, 5.41) is 28.8. The zero-order valence-electron chi connectivity index (χ0n) is 18.8. The molecule has 0 unspecified atom stereocenters. The quantitative estimate of drug-likeness (QED) is 0.401. The van der Waals surface area contributed by atoms with Gasteiger partial charge in [0.2, 0.25) is 5.69 Å². The van der Waals surface area contributed by atoms with Crippen molar-refractivity contribution in [2.75, 3.05) is 11.9 Å². The molecule has 4 rings (SSSR count). The largest absolute Gasteiger partial charge is 0.492 e. The summed E-state index contributed by atoms with van der Waals surface area (Å²) >= 11 is 0. The van der Waals surface area contributed by atoms with Gasteiger partial charge in [0.05, 0.1) is 30.0 Å². The van der Waals surface area contributed by atoms with E-state index in [-0.39, 0.29) is 23.8 Å². The maximum absolute atomic E-state index is 13.0. The third-order valence-corrected chi connectivity index (χ3v) is 6.03. The van der Waals surface area contributed by atoms with Crippen molar-refractivity contribution in [3.63, 3.8) is 0 Å². The van der Waals surface area contributed by atoms with Crippen molar-refractivity contribution in [2.24, 2.45) is 0 Å². The zero-order valence-corrected chi connectivity index (χ0v) is 18.8. The van der Waals surface area contributed by atoms with Gasteiger partial charge >= 0.3 is 11.6 Å². The Kier molecular flexibility index (Phi) is 6.32. The second kappa shape index (κ2) is 9.16. The van der Waals surface area contributed by atoms with Gasteiger partial charge in [-0.1, -0.05) is 13.8 Å². The van der Waals surface area contributed by atoms with Crippen LogP contribution in [-0.4, -0.2) is 38.7 Å². The second-order valence-corrected chi connectivity index (χ2v) is 8.67. The minimum Gasteiger partial charge on any atom is -0.492 e. The van der Waals surface area contributed by atoms with Crippen LogP contribution in [0.25, 0.3) is 10.9 Å². The van der Waals surface area contributed by atoms with Gasteiger partial charge < -0.3 is 15.2 Å². The van der Waals surface area contributed by atoms with E-state index in [1.54, 1.807) is 18.2 Å². The fourth-order valence-corrected chi connectivity index (χ4v) is 4.27. The molecule has 0 aliphatic heterocycles. The van der Waals surface area contributed by atoms with Gasteiger partial charge in [-0.05, 0) is 44.7 Å². The first-order chi connectivity index (χ1) is 15.4. The molecule has 1 saturated carbocycles. The number of anilines is 1. The molecule has 1 aliphatic rings. The molecule has 0 saturated heterocycles. The molecule has 170 valence electrons. The van der Waals surface area contributed by atoms with Crippen LogP contribution in [0.15, 0.2) is 36.5 Å². The van der Waals surface area contributed by atoms with E-state index >= 15 is 0 Å². The van der Waals surface area contributed by atoms with E-state index in [4.69, 9.17) is 9.84 Å². The maximum Gasteiger partial charge on any atom is 0.325 e. The van der Waals surface area contributed by atoms with Gasteiger partial charge in [-0.3, -0.25) is 14.7 Å². The van der Waals surface area contributed by atoms with Crippen molar-refractivity contribution >= 4 is 22.5 Å². The van der Waals surface area contributed by atoms with Crippen molar-refractivity contribution < 1.29 is 24.6 Å². The minimum atomic E-state index is -0.427. The summed E-state index contributed by atoms with van der Waals surface area (Å²) < 4.78 is 8.68. The Bertz CT molecular complexity index is 1120. The van der Waals surface area contributed by atoms with E-state index in [1.165, 1.54) is 0 Å². The molecule has 1 amide bonds. The van der Waals surface area contributed by atoms with Crippen molar-refractivity contribution in [2.45, 2.75) is 64.5 Å². The molecule has 8 heteroatoms. The number of aromatic nitrogens is 3. The molecular formula is C24H31N4O4+. The molecule has 1 aliphatic carbocycles. The monoisotopic (exact) mass is 439 g/mol. The first-order valence-electron chi connectivity index (χ1n) is 11.3. The number of nitrogens with one attached hydrogen (secondary N) is 1. The Morgan fingerprint density at radius 2 is 2.03 bits per heavy atom. The van der Waals surface area contributed by atoms with Crippen LogP contribution in [0.5, 0.6) is 5.75 Å². The number of hydrogen-bond donors (Lipinski definition) is 3. The number of carbonyl (C=O) groups excluding carboxylic acids is 1. The Morgan fingerprint density at radius 3 is 2.72 bits per heavy atom. The highest BCUT2D eigenvalue weighted by Gasteiger charge is 2.26. The predicted molar refractivity (Wildman–Crippen MR) is 120 cm³/mol. The third-order valence-electron chi connectivity index (χ3n) is 6.03. The number of nitrogens with zero attached hydrogens (tertiary/aromatic N) is 3. The normalized spacial score (nSPS) is 18.8. The van der Waals surface area contributed by atoms with Crippen LogP contribution in [0, 0.1) is 0 Å². The first-order valence-corrected chi connectivity index (χ1v) is 11.3. The van der Waals surface area contributed by atoms with Gasteiger partial charge in [0.15, 0.2) is 0 Å². The van der Waals surface area contributed by atoms with E-state index < -0.39 is 5.91 Å². The lowest BCUT2D eigenvalue weighted by Gasteiger charge is -2.25. The summed E-state index contributed by atoms with van der Waals surface area (Å²) in [6, 6.07) is 9.07. The van der Waals surface area contributed by atoms with Crippen LogP contribution < -0.4 is 14.8 Å². The number of carbonyl (C=O) groups is 1. The summed E-state index contributed by atoms with van der Waals surface area (Å²) in [4.78, 5) is 13.0. The maximum atomic E-state index is 13.0. The highest BCUT2D eigenvalue weighted by molar-refractivity contribution is 6.04. The predicted octanol–water partition coefficient (Wildman–Crippen LogP) is 3.81. The van der Waals surface area contributed by atoms with Gasteiger partial charge in [0.1, 0.15) is 5.75 Å². The number of pyridine rings is 1. The molecule has 2 aromatic heterocycles. The van der Waals surface area contributed by atoms with Crippen molar-refractivity contribution in [3.05, 3.63) is 47.9 Å². The van der Waals surface area contributed by atoms with Gasteiger partial charge in [-0.15, -0.1) is 0 Å². The van der Waals surface area contributed by atoms with E-state index in [1.807, 2.05) is 43.8 Å². The van der Waals surface area contributed by atoms with Crippen LogP contribution in [-0.2, 0) is 0 Å². The van der Waals surface area contributed by atoms with Crippen LogP contribution in [0.1, 0.15) is 74.6 Å². The fraction of sp³-hybridized carbons (Fsp3) is 0.458. The number of benzene rings is 1. The molecule has 0 radical (unpaired) electrons. The van der Waals surface area contributed by atoms with E-state index in [0.717, 1.165) is 41.3 Å². The number of rotatable bonds is 6. The van der Waals surface area contributed by atoms with Gasteiger partial charge in [-0.25, -0.2) is 0 Å². The van der Waals surface area contributed by atoms with E-state index in [0.29, 0.717) is 23.7 Å². The van der Waals surface area contributed by atoms with Crippen LogP contribution in [0.3, 0.4) is 0 Å². The Labute approximate surface area is 187 Å². The second-order valence-electron chi connectivity index (χ2n) is 8.67. The molecule has 0 bridgehead atoms. The number of aliphatic hydroxyl groups excluding tert-OH is 1. The topological polar surface area (TPSA) is 100 Å². The summed E-state index contributed by atoms with van der Waals surface area (Å²) in [7, 11) is 0. The van der Waals surface area contributed by atoms with Crippen molar-refractivity contribution in [3.8, 4) is 5.75 Å². The Balaban J connectivity index is 1.65. The summed E-state index contributed by atoms with van der Waals surface area (Å²) in [5.74, 6) is 0.168. The summed E-state index contributed by atoms with van der Waals surface area (Å²) in [6.45, 7) is 6.24. The van der Waals surface area contributed by atoms with Crippen LogP contribution in [0.4, 0.5) is 5.69 Å². The smallest absolute Gasteiger partial charge is 0.325 e. The highest BCUT2D eigenvalue weighted by atomic mass is 16.5. The summed E-state index contributed by atoms with van der Waals surface area (Å²) in [6.07, 6.45) is 5.10. The van der Waals surface area contributed by atoms with E-state index in [2.05, 4.69) is 5.32 Å². The number of amides is 1. The highest BCUT2D eigenvalue weighted by Crippen LogP contribution is 2.33. The third kappa shape index (κ3) is 4.41. The fourth-order valence-electron chi connectivity index (χ4n) is 4.27. The number of hydrogen-bond acceptors (Lipinski definition) is 5.